The van der Waals surface area contributed by atoms with Gasteiger partial charge >= 0.3 is 0 Å². The molecule has 0 saturated carbocycles. The third-order valence-electron chi connectivity index (χ3n) is 2.85. The third kappa shape index (κ3) is 1.44. The van der Waals surface area contributed by atoms with Crippen LogP contribution in [-0.4, -0.2) is 9.97 Å². The van der Waals surface area contributed by atoms with Crippen molar-refractivity contribution in [2.45, 2.75) is 13.8 Å². The van der Waals surface area contributed by atoms with Crippen molar-refractivity contribution < 1.29 is 0 Å². The molecule has 0 bridgehead atoms. The number of fused-ring (bicyclic) bond motifs is 1. The number of aryl methyl sites for hydroxylation is 2. The number of H-pyrrole nitrogens is 1. The van der Waals surface area contributed by atoms with Crippen LogP contribution < -0.4 is 0 Å². The molecule has 80 valence electrons. The highest BCUT2D eigenvalue weighted by atomic mass is 32.1. The van der Waals surface area contributed by atoms with Crippen LogP contribution in [0.15, 0.2) is 29.6 Å². The Bertz CT molecular complexity index is 596. The fourth-order valence-corrected chi connectivity index (χ4v) is 2.47. The predicted octanol–water partition coefficient (Wildman–Crippen LogP) is 3.91. The van der Waals surface area contributed by atoms with Gasteiger partial charge in [0.15, 0.2) is 0 Å². The first-order valence-electron chi connectivity index (χ1n) is 5.25. The van der Waals surface area contributed by atoms with Gasteiger partial charge in [-0.15, -0.1) is 11.3 Å². The molecule has 0 aliphatic heterocycles. The standard InChI is InChI=1S/C13H12N2S/c1-8-6-10-11(7-9(8)2)15-13(14-10)12-4-3-5-16-12/h3-7H,1-2H3,(H,14,15). The summed E-state index contributed by atoms with van der Waals surface area (Å²) in [6.45, 7) is 4.24. The van der Waals surface area contributed by atoms with E-state index in [1.54, 1.807) is 11.3 Å². The maximum absolute atomic E-state index is 4.61. The van der Waals surface area contributed by atoms with Gasteiger partial charge in [0.1, 0.15) is 5.82 Å². The zero-order valence-electron chi connectivity index (χ0n) is 9.24. The normalized spacial score (nSPS) is 11.1. The average Bonchev–Trinajstić information content (AvgIpc) is 2.86. The number of rotatable bonds is 1. The van der Waals surface area contributed by atoms with E-state index in [9.17, 15) is 0 Å². The van der Waals surface area contributed by atoms with Gasteiger partial charge in [0.25, 0.3) is 0 Å². The molecule has 3 rings (SSSR count). The molecule has 0 unspecified atom stereocenters. The van der Waals surface area contributed by atoms with Crippen molar-refractivity contribution in [2.24, 2.45) is 0 Å². The van der Waals surface area contributed by atoms with Crippen molar-refractivity contribution in [3.63, 3.8) is 0 Å². The molecule has 3 aromatic rings. The van der Waals surface area contributed by atoms with E-state index in [-0.39, 0.29) is 0 Å². The number of imidazole rings is 1. The molecule has 2 heterocycles. The average molecular weight is 228 g/mol. The summed E-state index contributed by atoms with van der Waals surface area (Å²) in [7, 11) is 0. The lowest BCUT2D eigenvalue weighted by molar-refractivity contribution is 1.35. The zero-order chi connectivity index (χ0) is 11.1. The van der Waals surface area contributed by atoms with Gasteiger partial charge in [-0.05, 0) is 48.6 Å². The predicted molar refractivity (Wildman–Crippen MR) is 68.9 cm³/mol. The van der Waals surface area contributed by atoms with Crippen molar-refractivity contribution >= 4 is 22.4 Å². The van der Waals surface area contributed by atoms with Crippen LogP contribution in [0.5, 0.6) is 0 Å². The number of nitrogens with zero attached hydrogens (tertiary/aromatic N) is 1. The van der Waals surface area contributed by atoms with Gasteiger partial charge in [-0.3, -0.25) is 0 Å². The highest BCUT2D eigenvalue weighted by Crippen LogP contribution is 2.25. The van der Waals surface area contributed by atoms with Crippen LogP contribution in [0.2, 0.25) is 0 Å². The molecule has 3 heteroatoms. The fourth-order valence-electron chi connectivity index (χ4n) is 1.80. The third-order valence-corrected chi connectivity index (χ3v) is 3.73. The molecule has 0 radical (unpaired) electrons. The molecule has 16 heavy (non-hydrogen) atoms. The molecule has 0 aliphatic carbocycles. The molecule has 0 saturated heterocycles. The molecule has 2 aromatic heterocycles. The number of aromatic amines is 1. The van der Waals surface area contributed by atoms with Crippen LogP contribution >= 0.6 is 11.3 Å². The van der Waals surface area contributed by atoms with Crippen LogP contribution in [-0.2, 0) is 0 Å². The fraction of sp³-hybridized carbons (Fsp3) is 0.154. The van der Waals surface area contributed by atoms with Crippen molar-refractivity contribution in [2.75, 3.05) is 0 Å². The summed E-state index contributed by atoms with van der Waals surface area (Å²) in [6, 6.07) is 8.43. The molecule has 0 aliphatic rings. The number of nitrogens with one attached hydrogen (secondary N) is 1. The van der Waals surface area contributed by atoms with Crippen molar-refractivity contribution in [1.82, 2.24) is 9.97 Å². The topological polar surface area (TPSA) is 28.7 Å². The van der Waals surface area contributed by atoms with E-state index >= 15 is 0 Å². The van der Waals surface area contributed by atoms with Gasteiger partial charge in [0.05, 0.1) is 15.9 Å². The van der Waals surface area contributed by atoms with E-state index in [4.69, 9.17) is 0 Å². The van der Waals surface area contributed by atoms with E-state index in [1.807, 2.05) is 6.07 Å². The minimum Gasteiger partial charge on any atom is -0.337 e. The van der Waals surface area contributed by atoms with E-state index < -0.39 is 0 Å². The van der Waals surface area contributed by atoms with Crippen molar-refractivity contribution in [3.8, 4) is 10.7 Å². The first kappa shape index (κ1) is 9.60. The second-order valence-electron chi connectivity index (χ2n) is 4.02. The summed E-state index contributed by atoms with van der Waals surface area (Å²) in [5.41, 5.74) is 4.75. The number of benzene rings is 1. The minimum atomic E-state index is 0.968. The highest BCUT2D eigenvalue weighted by molar-refractivity contribution is 7.13. The molecular weight excluding hydrogens is 216 g/mol. The number of aromatic nitrogens is 2. The van der Waals surface area contributed by atoms with Gasteiger partial charge in [0, 0.05) is 0 Å². The molecule has 1 aromatic carbocycles. The Morgan fingerprint density at radius 3 is 2.75 bits per heavy atom. The summed E-state index contributed by atoms with van der Waals surface area (Å²) in [5.74, 6) is 0.968. The smallest absolute Gasteiger partial charge is 0.148 e. The summed E-state index contributed by atoms with van der Waals surface area (Å²) >= 11 is 1.71. The van der Waals surface area contributed by atoms with E-state index in [0.29, 0.717) is 0 Å². The quantitative estimate of drug-likeness (QED) is 0.672. The summed E-state index contributed by atoms with van der Waals surface area (Å²) in [5, 5.41) is 2.07. The van der Waals surface area contributed by atoms with E-state index in [0.717, 1.165) is 16.9 Å². The number of thiophene rings is 1. The summed E-state index contributed by atoms with van der Waals surface area (Å²) in [4.78, 5) is 9.16. The Morgan fingerprint density at radius 1 is 1.19 bits per heavy atom. The molecular formula is C13H12N2S. The van der Waals surface area contributed by atoms with Gasteiger partial charge in [-0.25, -0.2) is 4.98 Å². The molecule has 0 atom stereocenters. The monoisotopic (exact) mass is 228 g/mol. The van der Waals surface area contributed by atoms with Crippen molar-refractivity contribution in [3.05, 3.63) is 40.8 Å². The molecule has 2 nitrogen and oxygen atoms in total. The van der Waals surface area contributed by atoms with Gasteiger partial charge < -0.3 is 4.98 Å². The summed E-state index contributed by atoms with van der Waals surface area (Å²) < 4.78 is 0. The Hall–Kier alpha value is -1.61. The number of hydrogen-bond acceptors (Lipinski definition) is 2. The molecule has 1 N–H and O–H groups in total. The zero-order valence-corrected chi connectivity index (χ0v) is 10.1. The van der Waals surface area contributed by atoms with Gasteiger partial charge in [-0.2, -0.15) is 0 Å². The summed E-state index contributed by atoms with van der Waals surface area (Å²) in [6.07, 6.45) is 0. The second-order valence-corrected chi connectivity index (χ2v) is 4.96. The van der Waals surface area contributed by atoms with Gasteiger partial charge in [0.2, 0.25) is 0 Å². The lowest BCUT2D eigenvalue weighted by Crippen LogP contribution is -1.79. The maximum Gasteiger partial charge on any atom is 0.148 e. The van der Waals surface area contributed by atoms with E-state index in [1.165, 1.54) is 16.0 Å². The lowest BCUT2D eigenvalue weighted by Gasteiger charge is -1.97. The maximum atomic E-state index is 4.61. The van der Waals surface area contributed by atoms with Gasteiger partial charge in [-0.1, -0.05) is 6.07 Å². The SMILES string of the molecule is Cc1cc2nc(-c3cccs3)[nH]c2cc1C. The largest absolute Gasteiger partial charge is 0.337 e. The Labute approximate surface area is 98.0 Å². The van der Waals surface area contributed by atoms with Crippen LogP contribution in [0.1, 0.15) is 11.1 Å². The van der Waals surface area contributed by atoms with Crippen LogP contribution in [0.4, 0.5) is 0 Å². The molecule has 0 fully saturated rings. The van der Waals surface area contributed by atoms with Crippen LogP contribution in [0.25, 0.3) is 21.7 Å². The first-order valence-corrected chi connectivity index (χ1v) is 6.13. The lowest BCUT2D eigenvalue weighted by atomic mass is 10.1. The Morgan fingerprint density at radius 2 is 2.00 bits per heavy atom. The first-order chi connectivity index (χ1) is 7.74. The Kier molecular flexibility index (Phi) is 2.07. The second kappa shape index (κ2) is 3.46. The molecule has 0 spiro atoms. The number of hydrogen-bond donors (Lipinski definition) is 1. The van der Waals surface area contributed by atoms with Crippen LogP contribution in [0, 0.1) is 13.8 Å². The van der Waals surface area contributed by atoms with Crippen molar-refractivity contribution in [1.29, 1.82) is 0 Å². The van der Waals surface area contributed by atoms with Crippen LogP contribution in [0.3, 0.4) is 0 Å². The minimum absolute atomic E-state index is 0.968. The molecule has 0 amide bonds. The van der Waals surface area contributed by atoms with E-state index in [2.05, 4.69) is 47.4 Å². The Balaban J connectivity index is 2.23. The highest BCUT2D eigenvalue weighted by Gasteiger charge is 2.06.